The van der Waals surface area contributed by atoms with E-state index in [0.717, 1.165) is 41.6 Å². The number of hydrogen-bond donors (Lipinski definition) is 2. The van der Waals surface area contributed by atoms with Gasteiger partial charge in [0.1, 0.15) is 5.75 Å². The fourth-order valence-electron chi connectivity index (χ4n) is 2.42. The summed E-state index contributed by atoms with van der Waals surface area (Å²) in [5.41, 5.74) is 0.438. The fourth-order valence-corrected chi connectivity index (χ4v) is 2.83. The summed E-state index contributed by atoms with van der Waals surface area (Å²) in [6.07, 6.45) is 5.29. The van der Waals surface area contributed by atoms with E-state index in [1.54, 1.807) is 7.11 Å². The third-order valence-corrected chi connectivity index (χ3v) is 4.21. The van der Waals surface area contributed by atoms with Crippen LogP contribution in [0.4, 0.5) is 5.69 Å². The molecular weight excluding hydrogens is 294 g/mol. The Bertz CT molecular complexity index is 403. The van der Waals surface area contributed by atoms with Crippen molar-refractivity contribution in [3.8, 4) is 5.75 Å². The van der Waals surface area contributed by atoms with Gasteiger partial charge in [0.15, 0.2) is 0 Å². The molecule has 0 aliphatic heterocycles. The standard InChI is InChI=1S/C14H20BrNO2/c1-18-13-9-11(5-6-12(13)15)16-10-14(17)7-3-2-4-8-14/h5-6,9,16-17H,2-4,7-8,10H2,1H3. The van der Waals surface area contributed by atoms with Crippen molar-refractivity contribution in [1.29, 1.82) is 0 Å². The Morgan fingerprint density at radius 2 is 2.06 bits per heavy atom. The Morgan fingerprint density at radius 3 is 2.72 bits per heavy atom. The van der Waals surface area contributed by atoms with Crippen molar-refractivity contribution in [2.75, 3.05) is 19.0 Å². The Balaban J connectivity index is 1.97. The van der Waals surface area contributed by atoms with Crippen molar-refractivity contribution in [2.45, 2.75) is 37.7 Å². The van der Waals surface area contributed by atoms with Gasteiger partial charge >= 0.3 is 0 Å². The summed E-state index contributed by atoms with van der Waals surface area (Å²) in [5.74, 6) is 0.802. The van der Waals surface area contributed by atoms with Crippen LogP contribution in [0.2, 0.25) is 0 Å². The number of aliphatic hydroxyl groups is 1. The summed E-state index contributed by atoms with van der Waals surface area (Å²) in [7, 11) is 1.65. The highest BCUT2D eigenvalue weighted by Gasteiger charge is 2.28. The van der Waals surface area contributed by atoms with Crippen molar-refractivity contribution in [2.24, 2.45) is 0 Å². The maximum absolute atomic E-state index is 10.4. The number of anilines is 1. The first-order valence-electron chi connectivity index (χ1n) is 6.43. The minimum atomic E-state index is -0.543. The lowest BCUT2D eigenvalue weighted by atomic mass is 9.85. The molecule has 0 unspecified atom stereocenters. The molecule has 4 heteroatoms. The Hall–Kier alpha value is -0.740. The van der Waals surface area contributed by atoms with Crippen LogP contribution in [-0.2, 0) is 0 Å². The van der Waals surface area contributed by atoms with Crippen molar-refractivity contribution < 1.29 is 9.84 Å². The van der Waals surface area contributed by atoms with Crippen LogP contribution in [0.15, 0.2) is 22.7 Å². The molecule has 2 N–H and O–H groups in total. The van der Waals surface area contributed by atoms with Gasteiger partial charge in [0.25, 0.3) is 0 Å². The lowest BCUT2D eigenvalue weighted by molar-refractivity contribution is 0.0167. The largest absolute Gasteiger partial charge is 0.495 e. The second-order valence-electron chi connectivity index (χ2n) is 4.99. The number of hydrogen-bond acceptors (Lipinski definition) is 3. The maximum Gasteiger partial charge on any atom is 0.135 e. The lowest BCUT2D eigenvalue weighted by Crippen LogP contribution is -2.38. The third-order valence-electron chi connectivity index (χ3n) is 3.56. The average molecular weight is 314 g/mol. The summed E-state index contributed by atoms with van der Waals surface area (Å²) >= 11 is 3.43. The van der Waals surface area contributed by atoms with E-state index in [1.165, 1.54) is 6.42 Å². The molecule has 1 aliphatic carbocycles. The molecule has 1 aromatic carbocycles. The number of halogens is 1. The van der Waals surface area contributed by atoms with E-state index >= 15 is 0 Å². The van der Waals surface area contributed by atoms with Crippen LogP contribution in [0.1, 0.15) is 32.1 Å². The molecular formula is C14H20BrNO2. The smallest absolute Gasteiger partial charge is 0.135 e. The second kappa shape index (κ2) is 5.93. The summed E-state index contributed by atoms with van der Waals surface area (Å²) in [6.45, 7) is 0.609. The molecule has 0 aromatic heterocycles. The summed E-state index contributed by atoms with van der Waals surface area (Å²) in [5, 5.41) is 13.7. The van der Waals surface area contributed by atoms with Gasteiger partial charge in [0.05, 0.1) is 17.2 Å². The van der Waals surface area contributed by atoms with Crippen LogP contribution in [0.5, 0.6) is 5.75 Å². The van der Waals surface area contributed by atoms with Gasteiger partial charge in [-0.3, -0.25) is 0 Å². The third kappa shape index (κ3) is 3.39. The Morgan fingerprint density at radius 1 is 1.33 bits per heavy atom. The maximum atomic E-state index is 10.4. The highest BCUT2D eigenvalue weighted by Crippen LogP contribution is 2.30. The number of rotatable bonds is 4. The summed E-state index contributed by atoms with van der Waals surface area (Å²) < 4.78 is 6.19. The highest BCUT2D eigenvalue weighted by molar-refractivity contribution is 9.10. The predicted molar refractivity (Wildman–Crippen MR) is 77.2 cm³/mol. The van der Waals surface area contributed by atoms with Crippen molar-refractivity contribution in [1.82, 2.24) is 0 Å². The molecule has 0 saturated heterocycles. The molecule has 1 aromatic rings. The number of nitrogens with one attached hydrogen (secondary N) is 1. The first-order chi connectivity index (χ1) is 8.63. The number of methoxy groups -OCH3 is 1. The molecule has 1 fully saturated rings. The van der Waals surface area contributed by atoms with Crippen LogP contribution >= 0.6 is 15.9 Å². The van der Waals surface area contributed by atoms with Gasteiger partial charge in [0, 0.05) is 18.3 Å². The Kier molecular flexibility index (Phi) is 4.51. The molecule has 100 valence electrons. The first-order valence-corrected chi connectivity index (χ1v) is 7.22. The molecule has 0 spiro atoms. The Labute approximate surface area is 117 Å². The minimum Gasteiger partial charge on any atom is -0.495 e. The van der Waals surface area contributed by atoms with E-state index in [-0.39, 0.29) is 0 Å². The van der Waals surface area contributed by atoms with Crippen molar-refractivity contribution in [3.63, 3.8) is 0 Å². The fraction of sp³-hybridized carbons (Fsp3) is 0.571. The topological polar surface area (TPSA) is 41.5 Å². The molecule has 0 atom stereocenters. The molecule has 1 saturated carbocycles. The molecule has 2 rings (SSSR count). The molecule has 0 amide bonds. The SMILES string of the molecule is COc1cc(NCC2(O)CCCCC2)ccc1Br. The monoisotopic (exact) mass is 313 g/mol. The van der Waals surface area contributed by atoms with Crippen molar-refractivity contribution >= 4 is 21.6 Å². The molecule has 0 bridgehead atoms. The van der Waals surface area contributed by atoms with Crippen LogP contribution in [0.3, 0.4) is 0 Å². The molecule has 0 radical (unpaired) electrons. The molecule has 3 nitrogen and oxygen atoms in total. The van der Waals surface area contributed by atoms with E-state index < -0.39 is 5.60 Å². The highest BCUT2D eigenvalue weighted by atomic mass is 79.9. The van der Waals surface area contributed by atoms with Gasteiger partial charge in [-0.25, -0.2) is 0 Å². The van der Waals surface area contributed by atoms with Crippen LogP contribution in [0.25, 0.3) is 0 Å². The first kappa shape index (κ1) is 13.7. The van der Waals surface area contributed by atoms with Gasteiger partial charge in [-0.15, -0.1) is 0 Å². The quantitative estimate of drug-likeness (QED) is 0.893. The van der Waals surface area contributed by atoms with Crippen LogP contribution in [0, 0.1) is 0 Å². The summed E-state index contributed by atoms with van der Waals surface area (Å²) in [4.78, 5) is 0. The minimum absolute atomic E-state index is 0.543. The molecule has 18 heavy (non-hydrogen) atoms. The second-order valence-corrected chi connectivity index (χ2v) is 5.84. The van der Waals surface area contributed by atoms with E-state index in [4.69, 9.17) is 4.74 Å². The van der Waals surface area contributed by atoms with Gasteiger partial charge in [-0.2, -0.15) is 0 Å². The summed E-state index contributed by atoms with van der Waals surface area (Å²) in [6, 6.07) is 5.88. The van der Waals surface area contributed by atoms with Crippen LogP contribution < -0.4 is 10.1 Å². The van der Waals surface area contributed by atoms with E-state index in [0.29, 0.717) is 6.54 Å². The van der Waals surface area contributed by atoms with E-state index in [2.05, 4.69) is 21.2 Å². The number of benzene rings is 1. The number of ether oxygens (including phenoxy) is 1. The lowest BCUT2D eigenvalue weighted by Gasteiger charge is -2.32. The molecule has 0 heterocycles. The van der Waals surface area contributed by atoms with Gasteiger partial charge in [0.2, 0.25) is 0 Å². The zero-order chi connectivity index (χ0) is 13.0. The zero-order valence-corrected chi connectivity index (χ0v) is 12.3. The van der Waals surface area contributed by atoms with E-state index in [9.17, 15) is 5.11 Å². The predicted octanol–water partition coefficient (Wildman–Crippen LogP) is 3.56. The van der Waals surface area contributed by atoms with Crippen LogP contribution in [-0.4, -0.2) is 24.4 Å². The molecule has 1 aliphatic rings. The van der Waals surface area contributed by atoms with Gasteiger partial charge < -0.3 is 15.2 Å². The average Bonchev–Trinajstić information content (AvgIpc) is 2.39. The van der Waals surface area contributed by atoms with E-state index in [1.807, 2.05) is 18.2 Å². The van der Waals surface area contributed by atoms with Gasteiger partial charge in [-0.1, -0.05) is 19.3 Å². The zero-order valence-electron chi connectivity index (χ0n) is 10.7. The van der Waals surface area contributed by atoms with Crippen molar-refractivity contribution in [3.05, 3.63) is 22.7 Å². The normalized spacial score (nSPS) is 18.4. The van der Waals surface area contributed by atoms with Gasteiger partial charge in [-0.05, 0) is 40.9 Å².